The zero-order valence-electron chi connectivity index (χ0n) is 17.1. The van der Waals surface area contributed by atoms with E-state index >= 15 is 0 Å². The molecule has 1 saturated carbocycles. The molecule has 0 bridgehead atoms. The summed E-state index contributed by atoms with van der Waals surface area (Å²) in [5.74, 6) is -0.168. The Labute approximate surface area is 178 Å². The smallest absolute Gasteiger partial charge is 0.406 e. The minimum Gasteiger partial charge on any atom is -0.406 e. The lowest BCUT2D eigenvalue weighted by Crippen LogP contribution is -2.58. The molecule has 2 aliphatic heterocycles. The van der Waals surface area contributed by atoms with Gasteiger partial charge in [0.15, 0.2) is 0 Å². The summed E-state index contributed by atoms with van der Waals surface area (Å²) in [5, 5.41) is 9.35. The van der Waals surface area contributed by atoms with Gasteiger partial charge in [0.2, 0.25) is 11.8 Å². The number of alkyl halides is 3. The average Bonchev–Trinajstić information content (AvgIpc) is 3.40. The molecule has 1 aliphatic carbocycles. The molecule has 3 N–H and O–H groups in total. The first-order valence-electron chi connectivity index (χ1n) is 10.7. The second kappa shape index (κ2) is 9.04. The van der Waals surface area contributed by atoms with Crippen molar-refractivity contribution in [2.24, 2.45) is 0 Å². The maximum Gasteiger partial charge on any atom is 0.573 e. The van der Waals surface area contributed by atoms with Crippen LogP contribution in [0, 0.1) is 0 Å². The second-order valence-corrected chi connectivity index (χ2v) is 8.50. The summed E-state index contributed by atoms with van der Waals surface area (Å²) in [6.07, 6.45) is -0.779. The fraction of sp³-hybridized carbons (Fsp3) is 0.619. The predicted molar refractivity (Wildman–Crippen MR) is 106 cm³/mol. The van der Waals surface area contributed by atoms with Crippen molar-refractivity contribution in [2.45, 2.75) is 69.2 Å². The van der Waals surface area contributed by atoms with Crippen LogP contribution in [0.3, 0.4) is 0 Å². The zero-order valence-corrected chi connectivity index (χ0v) is 17.1. The molecule has 7 nitrogen and oxygen atoms in total. The molecule has 3 aliphatic rings. The Morgan fingerprint density at radius 2 is 1.94 bits per heavy atom. The molecular formula is C21H27F3N4O3. The van der Waals surface area contributed by atoms with Crippen LogP contribution in [-0.4, -0.2) is 60.3 Å². The number of amides is 2. The largest absolute Gasteiger partial charge is 0.573 e. The molecule has 0 unspecified atom stereocenters. The Bertz CT molecular complexity index is 798. The van der Waals surface area contributed by atoms with Crippen LogP contribution in [0.2, 0.25) is 0 Å². The summed E-state index contributed by atoms with van der Waals surface area (Å²) in [6.45, 7) is 1.72. The number of benzene rings is 1. The number of rotatable bonds is 8. The number of piperazine rings is 1. The maximum atomic E-state index is 12.3. The lowest BCUT2D eigenvalue weighted by atomic mass is 10.0. The molecule has 10 heteroatoms. The number of ether oxygens (including phenoxy) is 1. The van der Waals surface area contributed by atoms with Crippen molar-refractivity contribution in [3.63, 3.8) is 0 Å². The van der Waals surface area contributed by atoms with E-state index in [-0.39, 0.29) is 35.7 Å². The first kappa shape index (κ1) is 21.9. The van der Waals surface area contributed by atoms with Gasteiger partial charge in [-0.05, 0) is 43.4 Å². The third-order valence-electron chi connectivity index (χ3n) is 6.02. The van der Waals surface area contributed by atoms with Gasteiger partial charge in [-0.3, -0.25) is 14.5 Å². The number of fused-ring (bicyclic) bond motifs is 1. The number of nitrogens with one attached hydrogen (secondary N) is 3. The minimum absolute atomic E-state index is 0.0108. The first-order chi connectivity index (χ1) is 14.8. The van der Waals surface area contributed by atoms with Crippen molar-refractivity contribution in [2.75, 3.05) is 13.1 Å². The molecule has 0 spiro atoms. The summed E-state index contributed by atoms with van der Waals surface area (Å²) in [5.41, 5.74) is 0.831. The van der Waals surface area contributed by atoms with Gasteiger partial charge in [-0.25, -0.2) is 0 Å². The summed E-state index contributed by atoms with van der Waals surface area (Å²) < 4.78 is 40.7. The number of hydrogen-bond acceptors (Lipinski definition) is 5. The molecule has 0 aromatic heterocycles. The summed E-state index contributed by atoms with van der Waals surface area (Å²) in [6, 6.07) is 6.10. The van der Waals surface area contributed by atoms with E-state index < -0.39 is 6.36 Å². The highest BCUT2D eigenvalue weighted by Gasteiger charge is 2.43. The van der Waals surface area contributed by atoms with E-state index in [0.717, 1.165) is 18.4 Å². The standard InChI is InChI=1S/C21H27F3N4O3/c22-21(23,24)31-17-6-1-13(2-7-17)10-25-15-9-18-20(30)26-11-16(28(18)12-15)5-8-19(29)27-14-3-4-14/h1-2,6-7,14-16,18,25H,3-5,8-12H2,(H,26,30)(H,27,29)/t15-,16+,18-/m0/s1. The highest BCUT2D eigenvalue weighted by molar-refractivity contribution is 5.83. The highest BCUT2D eigenvalue weighted by Crippen LogP contribution is 2.27. The van der Waals surface area contributed by atoms with Gasteiger partial charge < -0.3 is 20.7 Å². The van der Waals surface area contributed by atoms with E-state index in [2.05, 4.69) is 25.6 Å². The van der Waals surface area contributed by atoms with Crippen molar-refractivity contribution >= 4 is 11.8 Å². The molecular weight excluding hydrogens is 413 g/mol. The summed E-state index contributed by atoms with van der Waals surface area (Å²) in [4.78, 5) is 26.5. The number of carbonyl (C=O) groups excluding carboxylic acids is 2. The summed E-state index contributed by atoms with van der Waals surface area (Å²) in [7, 11) is 0. The normalized spacial score (nSPS) is 26.3. The summed E-state index contributed by atoms with van der Waals surface area (Å²) >= 11 is 0. The second-order valence-electron chi connectivity index (χ2n) is 8.50. The molecule has 1 aromatic rings. The molecule has 3 fully saturated rings. The van der Waals surface area contributed by atoms with Crippen molar-refractivity contribution in [3.8, 4) is 5.75 Å². The zero-order chi connectivity index (χ0) is 22.0. The fourth-order valence-electron chi connectivity index (χ4n) is 4.29. The molecule has 2 saturated heterocycles. The third-order valence-corrected chi connectivity index (χ3v) is 6.02. The quantitative estimate of drug-likeness (QED) is 0.573. The maximum absolute atomic E-state index is 12.3. The SMILES string of the molecule is O=C(CC[C@@H]1CNC(=O)[C@@H]2C[C@H](NCc3ccc(OC(F)(F)F)cc3)CN12)NC1CC1. The topological polar surface area (TPSA) is 82.7 Å². The van der Waals surface area contributed by atoms with Crippen LogP contribution in [0.15, 0.2) is 24.3 Å². The van der Waals surface area contributed by atoms with Gasteiger partial charge in [0, 0.05) is 44.2 Å². The van der Waals surface area contributed by atoms with Crippen LogP contribution in [0.25, 0.3) is 0 Å². The number of carbonyl (C=O) groups is 2. The first-order valence-corrected chi connectivity index (χ1v) is 10.7. The van der Waals surface area contributed by atoms with Crippen molar-refractivity contribution in [1.82, 2.24) is 20.9 Å². The van der Waals surface area contributed by atoms with Crippen LogP contribution >= 0.6 is 0 Å². The van der Waals surface area contributed by atoms with Gasteiger partial charge in [0.05, 0.1) is 6.04 Å². The Morgan fingerprint density at radius 3 is 2.61 bits per heavy atom. The van der Waals surface area contributed by atoms with Crippen LogP contribution in [0.4, 0.5) is 13.2 Å². The van der Waals surface area contributed by atoms with E-state index in [1.807, 2.05) is 0 Å². The van der Waals surface area contributed by atoms with Crippen molar-refractivity contribution in [3.05, 3.63) is 29.8 Å². The van der Waals surface area contributed by atoms with Gasteiger partial charge in [-0.1, -0.05) is 12.1 Å². The molecule has 3 atom stereocenters. The van der Waals surface area contributed by atoms with Gasteiger partial charge >= 0.3 is 6.36 Å². The van der Waals surface area contributed by atoms with E-state index in [9.17, 15) is 22.8 Å². The van der Waals surface area contributed by atoms with Crippen LogP contribution in [0.1, 0.15) is 37.7 Å². The van der Waals surface area contributed by atoms with Crippen LogP contribution < -0.4 is 20.7 Å². The van der Waals surface area contributed by atoms with E-state index in [0.29, 0.717) is 44.9 Å². The third kappa shape index (κ3) is 6.10. The van der Waals surface area contributed by atoms with E-state index in [1.165, 1.54) is 12.1 Å². The molecule has 0 radical (unpaired) electrons. The average molecular weight is 440 g/mol. The minimum atomic E-state index is -4.70. The lowest BCUT2D eigenvalue weighted by Gasteiger charge is -2.37. The monoisotopic (exact) mass is 440 g/mol. The predicted octanol–water partition coefficient (Wildman–Crippen LogP) is 1.67. The number of nitrogens with zero attached hydrogens (tertiary/aromatic N) is 1. The molecule has 170 valence electrons. The van der Waals surface area contributed by atoms with Gasteiger partial charge in [-0.15, -0.1) is 13.2 Å². The van der Waals surface area contributed by atoms with Gasteiger partial charge in [0.1, 0.15) is 5.75 Å². The van der Waals surface area contributed by atoms with E-state index in [1.54, 1.807) is 12.1 Å². The lowest BCUT2D eigenvalue weighted by molar-refractivity contribution is -0.274. The fourth-order valence-corrected chi connectivity index (χ4v) is 4.29. The highest BCUT2D eigenvalue weighted by atomic mass is 19.4. The van der Waals surface area contributed by atoms with E-state index in [4.69, 9.17) is 0 Å². The molecule has 4 rings (SSSR count). The Morgan fingerprint density at radius 1 is 1.19 bits per heavy atom. The van der Waals surface area contributed by atoms with Crippen LogP contribution in [-0.2, 0) is 16.1 Å². The number of hydrogen-bond donors (Lipinski definition) is 3. The number of halogens is 3. The Kier molecular flexibility index (Phi) is 6.38. The molecule has 2 heterocycles. The van der Waals surface area contributed by atoms with Gasteiger partial charge in [-0.2, -0.15) is 0 Å². The molecule has 31 heavy (non-hydrogen) atoms. The van der Waals surface area contributed by atoms with Crippen molar-refractivity contribution in [1.29, 1.82) is 0 Å². The Hall–Kier alpha value is -2.33. The van der Waals surface area contributed by atoms with Crippen molar-refractivity contribution < 1.29 is 27.5 Å². The Balaban J connectivity index is 1.26. The van der Waals surface area contributed by atoms with Crippen LogP contribution in [0.5, 0.6) is 5.75 Å². The van der Waals surface area contributed by atoms with Gasteiger partial charge in [0.25, 0.3) is 0 Å². The molecule has 1 aromatic carbocycles. The molecule has 2 amide bonds.